The Hall–Kier alpha value is -1.99. The molecule has 2 aromatic rings. The van der Waals surface area contributed by atoms with Crippen LogP contribution < -0.4 is 0 Å². The number of methoxy groups -OCH3 is 1. The highest BCUT2D eigenvalue weighted by Crippen LogP contribution is 2.16. The lowest BCUT2D eigenvalue weighted by atomic mass is 10.2. The number of aromatic nitrogens is 1. The number of ether oxygens (including phenoxy) is 2. The lowest BCUT2D eigenvalue weighted by Crippen LogP contribution is -2.34. The molecular weight excluding hydrogens is 330 g/mol. The van der Waals surface area contributed by atoms with Gasteiger partial charge in [-0.25, -0.2) is 13.2 Å². The van der Waals surface area contributed by atoms with Crippen molar-refractivity contribution in [3.63, 3.8) is 0 Å². The fourth-order valence-electron chi connectivity index (χ4n) is 2.31. The van der Waals surface area contributed by atoms with Crippen LogP contribution in [0.3, 0.4) is 0 Å². The van der Waals surface area contributed by atoms with Gasteiger partial charge in [-0.2, -0.15) is 0 Å². The first-order chi connectivity index (χ1) is 11.4. The normalized spacial score (nSPS) is 12.9. The molecule has 0 aliphatic carbocycles. The van der Waals surface area contributed by atoms with E-state index in [0.29, 0.717) is 18.6 Å². The first-order valence-electron chi connectivity index (χ1n) is 7.68. The highest BCUT2D eigenvalue weighted by atomic mass is 32.2. The van der Waals surface area contributed by atoms with Gasteiger partial charge in [0.15, 0.2) is 15.9 Å². The number of nitrogens with zero attached hydrogens (tertiary/aromatic N) is 1. The van der Waals surface area contributed by atoms with Crippen LogP contribution >= 0.6 is 0 Å². The van der Waals surface area contributed by atoms with Crippen LogP contribution in [0.25, 0.3) is 10.9 Å². The molecule has 0 radical (unpaired) electrons. The minimum atomic E-state index is -3.55. The molecule has 0 N–H and O–H groups in total. The smallest absolute Gasteiger partial charge is 0.336 e. The quantitative estimate of drug-likeness (QED) is 0.678. The molecule has 0 amide bonds. The number of rotatable bonds is 8. The first-order valence-corrected chi connectivity index (χ1v) is 9.51. The summed E-state index contributed by atoms with van der Waals surface area (Å²) in [6.45, 7) is 2.18. The number of esters is 1. The van der Waals surface area contributed by atoms with Gasteiger partial charge in [0.1, 0.15) is 0 Å². The van der Waals surface area contributed by atoms with E-state index in [1.165, 1.54) is 7.11 Å². The van der Waals surface area contributed by atoms with Gasteiger partial charge in [0.25, 0.3) is 0 Å². The molecular formula is C17H21NO5S. The van der Waals surface area contributed by atoms with Crippen LogP contribution in [0.2, 0.25) is 0 Å². The Morgan fingerprint density at radius 2 is 2.04 bits per heavy atom. The SMILES string of the molecule is CCCO[C@@H](CS(=O)(=O)Cc1cnc2ccccc2c1)C(=O)OC. The van der Waals surface area contributed by atoms with Crippen LogP contribution in [0, 0.1) is 0 Å². The fraction of sp³-hybridized carbons (Fsp3) is 0.412. The zero-order valence-electron chi connectivity index (χ0n) is 13.8. The molecule has 130 valence electrons. The van der Waals surface area contributed by atoms with Crippen LogP contribution in [0.4, 0.5) is 0 Å². The third-order valence-electron chi connectivity index (χ3n) is 3.43. The number of para-hydroxylation sites is 1. The summed E-state index contributed by atoms with van der Waals surface area (Å²) in [5, 5.41) is 0.872. The monoisotopic (exact) mass is 351 g/mol. The molecule has 2 rings (SSSR count). The number of carbonyl (C=O) groups excluding carboxylic acids is 1. The third-order valence-corrected chi connectivity index (χ3v) is 5.01. The van der Waals surface area contributed by atoms with E-state index in [9.17, 15) is 13.2 Å². The van der Waals surface area contributed by atoms with E-state index in [0.717, 1.165) is 10.9 Å². The molecule has 24 heavy (non-hydrogen) atoms. The summed E-state index contributed by atoms with van der Waals surface area (Å²) < 4.78 is 34.8. The van der Waals surface area contributed by atoms with E-state index in [4.69, 9.17) is 4.74 Å². The van der Waals surface area contributed by atoms with Crippen molar-refractivity contribution in [1.29, 1.82) is 0 Å². The maximum atomic E-state index is 12.4. The third kappa shape index (κ3) is 5.01. The van der Waals surface area contributed by atoms with Crippen molar-refractivity contribution in [2.45, 2.75) is 25.2 Å². The van der Waals surface area contributed by atoms with Crippen molar-refractivity contribution in [3.05, 3.63) is 42.1 Å². The molecule has 0 saturated carbocycles. The minimum Gasteiger partial charge on any atom is -0.467 e. The maximum Gasteiger partial charge on any atom is 0.336 e. The number of hydrogen-bond acceptors (Lipinski definition) is 6. The van der Waals surface area contributed by atoms with E-state index in [1.807, 2.05) is 31.2 Å². The van der Waals surface area contributed by atoms with Gasteiger partial charge >= 0.3 is 5.97 Å². The van der Waals surface area contributed by atoms with E-state index in [-0.39, 0.29) is 5.75 Å². The Morgan fingerprint density at radius 3 is 2.75 bits per heavy atom. The van der Waals surface area contributed by atoms with Crippen molar-refractivity contribution in [2.75, 3.05) is 19.5 Å². The van der Waals surface area contributed by atoms with Crippen molar-refractivity contribution >= 4 is 26.7 Å². The van der Waals surface area contributed by atoms with E-state index in [2.05, 4.69) is 9.72 Å². The van der Waals surface area contributed by atoms with Gasteiger partial charge in [0, 0.05) is 18.2 Å². The summed E-state index contributed by atoms with van der Waals surface area (Å²) in [5.41, 5.74) is 1.38. The second kappa shape index (κ2) is 8.21. The number of fused-ring (bicyclic) bond motifs is 1. The predicted molar refractivity (Wildman–Crippen MR) is 91.3 cm³/mol. The van der Waals surface area contributed by atoms with E-state index in [1.54, 1.807) is 12.3 Å². The highest BCUT2D eigenvalue weighted by molar-refractivity contribution is 7.90. The summed E-state index contributed by atoms with van der Waals surface area (Å²) in [5.74, 6) is -1.29. The number of pyridine rings is 1. The van der Waals surface area contributed by atoms with Crippen molar-refractivity contribution < 1.29 is 22.7 Å². The van der Waals surface area contributed by atoms with Gasteiger partial charge in [-0.1, -0.05) is 25.1 Å². The second-order valence-corrected chi connectivity index (χ2v) is 7.58. The number of sulfone groups is 1. The van der Waals surface area contributed by atoms with Crippen LogP contribution in [-0.2, 0) is 29.9 Å². The summed E-state index contributed by atoms with van der Waals surface area (Å²) in [7, 11) is -2.34. The van der Waals surface area contributed by atoms with Crippen molar-refractivity contribution in [2.24, 2.45) is 0 Å². The van der Waals surface area contributed by atoms with Gasteiger partial charge in [-0.05, 0) is 24.1 Å². The molecule has 0 fully saturated rings. The Kier molecular flexibility index (Phi) is 6.28. The number of hydrogen-bond donors (Lipinski definition) is 0. The molecule has 0 saturated heterocycles. The molecule has 0 bridgehead atoms. The molecule has 1 aromatic heterocycles. The van der Waals surface area contributed by atoms with Crippen molar-refractivity contribution in [3.8, 4) is 0 Å². The molecule has 0 unspecified atom stereocenters. The maximum absolute atomic E-state index is 12.4. The molecule has 0 aliphatic rings. The fourth-order valence-corrected chi connectivity index (χ4v) is 3.79. The Labute approximate surface area is 141 Å². The average Bonchev–Trinajstić information content (AvgIpc) is 2.57. The first kappa shape index (κ1) is 18.4. The molecule has 1 atom stereocenters. The van der Waals surface area contributed by atoms with Crippen LogP contribution in [0.15, 0.2) is 36.5 Å². The van der Waals surface area contributed by atoms with Gasteiger partial charge in [0.05, 0.1) is 24.1 Å². The average molecular weight is 351 g/mol. The van der Waals surface area contributed by atoms with Crippen LogP contribution in [0.1, 0.15) is 18.9 Å². The molecule has 1 aromatic carbocycles. The van der Waals surface area contributed by atoms with Gasteiger partial charge < -0.3 is 9.47 Å². The lowest BCUT2D eigenvalue weighted by molar-refractivity contribution is -0.152. The van der Waals surface area contributed by atoms with Crippen LogP contribution in [-0.4, -0.2) is 44.9 Å². The van der Waals surface area contributed by atoms with Gasteiger partial charge in [-0.3, -0.25) is 4.98 Å². The topological polar surface area (TPSA) is 82.6 Å². The zero-order valence-corrected chi connectivity index (χ0v) is 14.6. The molecule has 0 aliphatic heterocycles. The summed E-state index contributed by atoms with van der Waals surface area (Å²) >= 11 is 0. The lowest BCUT2D eigenvalue weighted by Gasteiger charge is -2.15. The number of benzene rings is 1. The summed E-state index contributed by atoms with van der Waals surface area (Å²) in [4.78, 5) is 16.0. The Balaban J connectivity index is 2.14. The van der Waals surface area contributed by atoms with Gasteiger partial charge in [0.2, 0.25) is 0 Å². The predicted octanol–water partition coefficient (Wildman–Crippen LogP) is 2.12. The number of carbonyl (C=O) groups is 1. The van der Waals surface area contributed by atoms with Gasteiger partial charge in [-0.15, -0.1) is 0 Å². The Bertz CT molecular complexity index is 803. The van der Waals surface area contributed by atoms with E-state index < -0.39 is 27.7 Å². The standard InChI is InChI=1S/C17H21NO5S/c1-3-8-23-16(17(19)22-2)12-24(20,21)11-13-9-14-6-4-5-7-15(14)18-10-13/h4-7,9-10,16H,3,8,11-12H2,1-2H3/t16-/m0/s1. The largest absolute Gasteiger partial charge is 0.467 e. The minimum absolute atomic E-state index is 0.201. The summed E-state index contributed by atoms with van der Waals surface area (Å²) in [6, 6.07) is 9.27. The second-order valence-electron chi connectivity index (χ2n) is 5.47. The molecule has 7 heteroatoms. The molecule has 0 spiro atoms. The zero-order chi connectivity index (χ0) is 17.6. The Morgan fingerprint density at radius 1 is 1.29 bits per heavy atom. The molecule has 6 nitrogen and oxygen atoms in total. The summed E-state index contributed by atoms with van der Waals surface area (Å²) in [6.07, 6.45) is 1.12. The van der Waals surface area contributed by atoms with Crippen LogP contribution in [0.5, 0.6) is 0 Å². The van der Waals surface area contributed by atoms with Crippen molar-refractivity contribution in [1.82, 2.24) is 4.98 Å². The van der Waals surface area contributed by atoms with E-state index >= 15 is 0 Å². The molecule has 1 heterocycles. The highest BCUT2D eigenvalue weighted by Gasteiger charge is 2.27.